The number of hydrogen-bond acceptors (Lipinski definition) is 5. The van der Waals surface area contributed by atoms with Crippen molar-refractivity contribution in [1.82, 2.24) is 19.3 Å². The predicted octanol–water partition coefficient (Wildman–Crippen LogP) is 4.56. The summed E-state index contributed by atoms with van der Waals surface area (Å²) in [4.78, 5) is 17.8. The molecule has 30 heavy (non-hydrogen) atoms. The number of fused-ring (bicyclic) bond motifs is 1. The van der Waals surface area contributed by atoms with Crippen molar-refractivity contribution in [2.45, 2.75) is 23.9 Å². The van der Waals surface area contributed by atoms with Gasteiger partial charge in [-0.05, 0) is 36.8 Å². The van der Waals surface area contributed by atoms with E-state index in [4.69, 9.17) is 21.3 Å². The third kappa shape index (κ3) is 4.59. The molecule has 0 radical (unpaired) electrons. The van der Waals surface area contributed by atoms with E-state index >= 15 is 0 Å². The zero-order valence-corrected chi connectivity index (χ0v) is 18.1. The summed E-state index contributed by atoms with van der Waals surface area (Å²) < 4.78 is 8.72. The van der Waals surface area contributed by atoms with Crippen LogP contribution in [0.1, 0.15) is 12.0 Å². The number of methoxy groups -OCH3 is 1. The first kappa shape index (κ1) is 20.7. The quantitative estimate of drug-likeness (QED) is 0.228. The summed E-state index contributed by atoms with van der Waals surface area (Å²) in [7, 11) is 1.66. The molecule has 4 rings (SSSR count). The smallest absolute Gasteiger partial charge is 0.262 e. The van der Waals surface area contributed by atoms with Gasteiger partial charge in [-0.25, -0.2) is 9.67 Å². The van der Waals surface area contributed by atoms with Crippen molar-refractivity contribution in [3.8, 4) is 5.69 Å². The van der Waals surface area contributed by atoms with Gasteiger partial charge in [-0.2, -0.15) is 5.10 Å². The zero-order chi connectivity index (χ0) is 20.9. The lowest BCUT2D eigenvalue weighted by atomic mass is 10.2. The number of rotatable bonds is 8. The van der Waals surface area contributed by atoms with Gasteiger partial charge >= 0.3 is 0 Å². The topological polar surface area (TPSA) is 61.9 Å². The Morgan fingerprint density at radius 2 is 2.00 bits per heavy atom. The number of halogens is 1. The molecule has 0 aliphatic rings. The maximum Gasteiger partial charge on any atom is 0.262 e. The molecule has 2 heterocycles. The number of hydrogen-bond donors (Lipinski definition) is 0. The molecule has 0 fully saturated rings. The summed E-state index contributed by atoms with van der Waals surface area (Å²) in [6, 6.07) is 15.1. The summed E-state index contributed by atoms with van der Waals surface area (Å²) in [6.45, 7) is 1.13. The first-order valence-corrected chi connectivity index (χ1v) is 10.9. The molecule has 0 aliphatic carbocycles. The highest BCUT2D eigenvalue weighted by molar-refractivity contribution is 7.98. The lowest BCUT2D eigenvalue weighted by Gasteiger charge is -2.13. The number of para-hydroxylation sites is 1. The van der Waals surface area contributed by atoms with E-state index in [0.29, 0.717) is 40.0 Å². The van der Waals surface area contributed by atoms with Crippen LogP contribution in [0.15, 0.2) is 70.9 Å². The fourth-order valence-corrected chi connectivity index (χ4v) is 4.26. The molecule has 0 spiro atoms. The maximum atomic E-state index is 13.1. The number of ether oxygens (including phenoxy) is 1. The highest BCUT2D eigenvalue weighted by Gasteiger charge is 2.13. The Morgan fingerprint density at radius 1 is 1.17 bits per heavy atom. The molecule has 0 saturated heterocycles. The summed E-state index contributed by atoms with van der Waals surface area (Å²) >= 11 is 7.63. The predicted molar refractivity (Wildman–Crippen MR) is 121 cm³/mol. The highest BCUT2D eigenvalue weighted by Crippen LogP contribution is 2.24. The van der Waals surface area contributed by atoms with Crippen molar-refractivity contribution in [3.05, 3.63) is 81.9 Å². The molecule has 0 bridgehead atoms. The minimum absolute atomic E-state index is 0.0600. The number of thioether (sulfide) groups is 1. The van der Waals surface area contributed by atoms with Crippen LogP contribution < -0.4 is 5.56 Å². The summed E-state index contributed by atoms with van der Waals surface area (Å²) in [6.07, 6.45) is 4.57. The second kappa shape index (κ2) is 9.47. The molecule has 0 unspecified atom stereocenters. The molecule has 4 aromatic rings. The van der Waals surface area contributed by atoms with E-state index in [2.05, 4.69) is 5.10 Å². The summed E-state index contributed by atoms with van der Waals surface area (Å²) in [5.41, 5.74) is 2.60. The molecule has 2 aromatic carbocycles. The fraction of sp³-hybridized carbons (Fsp3) is 0.227. The largest absolute Gasteiger partial charge is 0.385 e. The first-order valence-electron chi connectivity index (χ1n) is 9.56. The van der Waals surface area contributed by atoms with Gasteiger partial charge in [0.05, 0.1) is 22.8 Å². The third-order valence-electron chi connectivity index (χ3n) is 4.64. The van der Waals surface area contributed by atoms with Crippen LogP contribution in [0.5, 0.6) is 0 Å². The number of aromatic nitrogens is 4. The lowest BCUT2D eigenvalue weighted by molar-refractivity contribution is 0.189. The average Bonchev–Trinajstić information content (AvgIpc) is 3.23. The van der Waals surface area contributed by atoms with Gasteiger partial charge in [0, 0.05) is 42.8 Å². The molecule has 0 atom stereocenters. The van der Waals surface area contributed by atoms with Crippen molar-refractivity contribution < 1.29 is 4.74 Å². The average molecular weight is 441 g/mol. The summed E-state index contributed by atoms with van der Waals surface area (Å²) in [5, 5.41) is 6.24. The Kier molecular flexibility index (Phi) is 6.52. The van der Waals surface area contributed by atoms with E-state index in [1.54, 1.807) is 29.9 Å². The van der Waals surface area contributed by atoms with Gasteiger partial charge in [-0.3, -0.25) is 9.36 Å². The van der Waals surface area contributed by atoms with Gasteiger partial charge in [-0.15, -0.1) is 0 Å². The molecule has 2 aromatic heterocycles. The SMILES string of the molecule is COCCCn1c(SCc2cnn(-c3ccccc3)c2)nc2cc(Cl)ccc2c1=O. The maximum absolute atomic E-state index is 13.1. The van der Waals surface area contributed by atoms with E-state index in [-0.39, 0.29) is 5.56 Å². The van der Waals surface area contributed by atoms with E-state index in [1.807, 2.05) is 47.4 Å². The molecule has 8 heteroatoms. The fourth-order valence-electron chi connectivity index (χ4n) is 3.15. The molecule has 0 amide bonds. The van der Waals surface area contributed by atoms with Gasteiger partial charge in [-0.1, -0.05) is 41.6 Å². The standard InChI is InChI=1S/C22H21ClN4O2S/c1-29-11-5-10-26-21(28)19-9-8-17(23)12-20(19)25-22(26)30-15-16-13-24-27(14-16)18-6-3-2-4-7-18/h2-4,6-9,12-14H,5,10-11,15H2,1H3. The Bertz CT molecular complexity index is 1210. The molecular weight excluding hydrogens is 420 g/mol. The van der Waals surface area contributed by atoms with Gasteiger partial charge in [0.15, 0.2) is 5.16 Å². The Hall–Kier alpha value is -2.61. The first-order chi connectivity index (χ1) is 14.7. The van der Waals surface area contributed by atoms with Crippen molar-refractivity contribution in [3.63, 3.8) is 0 Å². The highest BCUT2D eigenvalue weighted by atomic mass is 35.5. The van der Waals surface area contributed by atoms with Crippen molar-refractivity contribution >= 4 is 34.3 Å². The second-order valence-electron chi connectivity index (χ2n) is 6.78. The monoisotopic (exact) mass is 440 g/mol. The Balaban J connectivity index is 1.61. The molecule has 6 nitrogen and oxygen atoms in total. The molecule has 0 aliphatic heterocycles. The van der Waals surface area contributed by atoms with E-state index < -0.39 is 0 Å². The van der Waals surface area contributed by atoms with Crippen LogP contribution in [0.25, 0.3) is 16.6 Å². The lowest BCUT2D eigenvalue weighted by Crippen LogP contribution is -2.24. The normalized spacial score (nSPS) is 11.3. The number of benzene rings is 2. The van der Waals surface area contributed by atoms with Crippen molar-refractivity contribution in [1.29, 1.82) is 0 Å². The van der Waals surface area contributed by atoms with Gasteiger partial charge < -0.3 is 4.74 Å². The second-order valence-corrected chi connectivity index (χ2v) is 8.16. The van der Waals surface area contributed by atoms with Crippen LogP contribution in [0.2, 0.25) is 5.02 Å². The van der Waals surface area contributed by atoms with Crippen LogP contribution >= 0.6 is 23.4 Å². The molecular formula is C22H21ClN4O2S. The van der Waals surface area contributed by atoms with Crippen LogP contribution in [-0.4, -0.2) is 33.0 Å². The van der Waals surface area contributed by atoms with E-state index in [1.165, 1.54) is 11.8 Å². The summed E-state index contributed by atoms with van der Waals surface area (Å²) in [5.74, 6) is 0.648. The third-order valence-corrected chi connectivity index (χ3v) is 5.92. The van der Waals surface area contributed by atoms with Crippen molar-refractivity contribution in [2.24, 2.45) is 0 Å². The molecule has 0 N–H and O–H groups in total. The van der Waals surface area contributed by atoms with Crippen LogP contribution in [0.4, 0.5) is 0 Å². The molecule has 154 valence electrons. The van der Waals surface area contributed by atoms with Crippen molar-refractivity contribution in [2.75, 3.05) is 13.7 Å². The van der Waals surface area contributed by atoms with Gasteiger partial charge in [0.1, 0.15) is 0 Å². The van der Waals surface area contributed by atoms with Gasteiger partial charge in [0.2, 0.25) is 0 Å². The minimum atomic E-state index is -0.0600. The Labute approximate surface area is 183 Å². The van der Waals surface area contributed by atoms with E-state index in [0.717, 1.165) is 17.7 Å². The Morgan fingerprint density at radius 3 is 2.80 bits per heavy atom. The minimum Gasteiger partial charge on any atom is -0.385 e. The zero-order valence-electron chi connectivity index (χ0n) is 16.5. The number of nitrogens with zero attached hydrogens (tertiary/aromatic N) is 4. The van der Waals surface area contributed by atoms with Crippen LogP contribution in [-0.2, 0) is 17.0 Å². The van der Waals surface area contributed by atoms with Crippen LogP contribution in [0.3, 0.4) is 0 Å². The van der Waals surface area contributed by atoms with E-state index in [9.17, 15) is 4.79 Å². The van der Waals surface area contributed by atoms with Gasteiger partial charge in [0.25, 0.3) is 5.56 Å². The molecule has 0 saturated carbocycles. The van der Waals surface area contributed by atoms with Crippen LogP contribution in [0, 0.1) is 0 Å².